The summed E-state index contributed by atoms with van der Waals surface area (Å²) in [5, 5.41) is 0. The van der Waals surface area contributed by atoms with Crippen molar-refractivity contribution >= 4 is 5.82 Å². The lowest BCUT2D eigenvalue weighted by molar-refractivity contribution is 0.398. The monoisotopic (exact) mass is 288 g/mol. The number of aromatic nitrogens is 3. The molecule has 0 saturated heterocycles. The minimum absolute atomic E-state index is 0.527. The molecule has 5 heteroatoms. The van der Waals surface area contributed by atoms with Crippen LogP contribution in [0.15, 0.2) is 18.3 Å². The number of nitrogens with zero attached hydrogens (tertiary/aromatic N) is 3. The highest BCUT2D eigenvalue weighted by molar-refractivity contribution is 5.70. The second-order valence-electron chi connectivity index (χ2n) is 5.61. The maximum absolute atomic E-state index is 6.33. The highest BCUT2D eigenvalue weighted by Gasteiger charge is 2.16. The number of ether oxygens (including phenoxy) is 1. The third-order valence-electron chi connectivity index (χ3n) is 3.33. The summed E-state index contributed by atoms with van der Waals surface area (Å²) >= 11 is 0. The van der Waals surface area contributed by atoms with Crippen molar-refractivity contribution in [2.24, 2.45) is 5.92 Å². The molecule has 0 aliphatic carbocycles. The van der Waals surface area contributed by atoms with E-state index in [9.17, 15) is 0 Å². The number of hydrogen-bond donors (Lipinski definition) is 1. The molecule has 2 heterocycles. The van der Waals surface area contributed by atoms with Crippen LogP contribution in [-0.2, 0) is 13.0 Å². The average Bonchev–Trinajstić information content (AvgIpc) is 2.76. The molecule has 0 spiro atoms. The van der Waals surface area contributed by atoms with Gasteiger partial charge in [-0.15, -0.1) is 0 Å². The normalized spacial score (nSPS) is 11.1. The fourth-order valence-electron chi connectivity index (χ4n) is 2.35. The highest BCUT2D eigenvalue weighted by atomic mass is 16.5. The molecule has 21 heavy (non-hydrogen) atoms. The minimum atomic E-state index is 0.527. The Labute approximate surface area is 126 Å². The molecule has 0 amide bonds. The Balaban J connectivity index is 2.42. The third-order valence-corrected chi connectivity index (χ3v) is 3.33. The summed E-state index contributed by atoms with van der Waals surface area (Å²) < 4.78 is 7.22. The number of pyridine rings is 1. The molecule has 0 bridgehead atoms. The van der Waals surface area contributed by atoms with Crippen molar-refractivity contribution < 1.29 is 4.74 Å². The lowest BCUT2D eigenvalue weighted by atomic mass is 10.2. The molecule has 0 fully saturated rings. The van der Waals surface area contributed by atoms with Crippen LogP contribution in [0.5, 0.6) is 5.88 Å². The van der Waals surface area contributed by atoms with Crippen molar-refractivity contribution in [3.05, 3.63) is 24.2 Å². The number of nitrogens with two attached hydrogens (primary N) is 1. The summed E-state index contributed by atoms with van der Waals surface area (Å²) in [5.74, 6) is 2.89. The second kappa shape index (κ2) is 6.61. The smallest absolute Gasteiger partial charge is 0.212 e. The molecule has 0 aromatic carbocycles. The van der Waals surface area contributed by atoms with E-state index < -0.39 is 0 Å². The maximum Gasteiger partial charge on any atom is 0.212 e. The Morgan fingerprint density at radius 2 is 2.10 bits per heavy atom. The molecular formula is C16H24N4O. The minimum Gasteiger partial charge on any atom is -0.481 e. The van der Waals surface area contributed by atoms with Crippen LogP contribution in [0, 0.1) is 5.92 Å². The van der Waals surface area contributed by atoms with E-state index in [1.54, 1.807) is 13.3 Å². The Morgan fingerprint density at radius 3 is 2.62 bits per heavy atom. The van der Waals surface area contributed by atoms with E-state index >= 15 is 0 Å². The van der Waals surface area contributed by atoms with Crippen LogP contribution in [-0.4, -0.2) is 21.6 Å². The second-order valence-corrected chi connectivity index (χ2v) is 5.61. The summed E-state index contributed by atoms with van der Waals surface area (Å²) in [4.78, 5) is 8.97. The summed E-state index contributed by atoms with van der Waals surface area (Å²) in [6, 6.07) is 3.77. The Hall–Kier alpha value is -2.04. The molecule has 2 aromatic heterocycles. The van der Waals surface area contributed by atoms with Crippen molar-refractivity contribution in [3.8, 4) is 17.1 Å². The summed E-state index contributed by atoms with van der Waals surface area (Å²) in [5.41, 5.74) is 8.07. The van der Waals surface area contributed by atoms with Crippen LogP contribution in [0.3, 0.4) is 0 Å². The molecule has 0 aliphatic rings. The van der Waals surface area contributed by atoms with Gasteiger partial charge >= 0.3 is 0 Å². The quantitative estimate of drug-likeness (QED) is 0.886. The van der Waals surface area contributed by atoms with E-state index in [4.69, 9.17) is 15.5 Å². The first kappa shape index (κ1) is 15.4. The number of rotatable bonds is 6. The molecule has 0 unspecified atom stereocenters. The van der Waals surface area contributed by atoms with Crippen LogP contribution < -0.4 is 10.5 Å². The fraction of sp³-hybridized carbons (Fsp3) is 0.500. The number of aryl methyl sites for hydroxylation is 1. The Bertz CT molecular complexity index is 587. The van der Waals surface area contributed by atoms with Gasteiger partial charge in [0.25, 0.3) is 0 Å². The van der Waals surface area contributed by atoms with E-state index in [-0.39, 0.29) is 0 Å². The van der Waals surface area contributed by atoms with Crippen molar-refractivity contribution in [2.45, 2.75) is 40.2 Å². The average molecular weight is 288 g/mol. The van der Waals surface area contributed by atoms with E-state index in [1.807, 2.05) is 12.1 Å². The molecule has 0 saturated carbocycles. The van der Waals surface area contributed by atoms with Gasteiger partial charge in [0.1, 0.15) is 17.3 Å². The molecule has 114 valence electrons. The first-order valence-electron chi connectivity index (χ1n) is 7.42. The van der Waals surface area contributed by atoms with Gasteiger partial charge in [-0.2, -0.15) is 0 Å². The predicted molar refractivity (Wildman–Crippen MR) is 85.3 cm³/mol. The van der Waals surface area contributed by atoms with E-state index in [1.165, 1.54) is 0 Å². The van der Waals surface area contributed by atoms with Crippen molar-refractivity contribution in [3.63, 3.8) is 0 Å². The van der Waals surface area contributed by atoms with Gasteiger partial charge in [-0.3, -0.25) is 0 Å². The number of anilines is 1. The zero-order chi connectivity index (χ0) is 15.4. The van der Waals surface area contributed by atoms with E-state index in [0.29, 0.717) is 11.8 Å². The van der Waals surface area contributed by atoms with Gasteiger partial charge in [0, 0.05) is 30.8 Å². The maximum atomic E-state index is 6.33. The van der Waals surface area contributed by atoms with Crippen LogP contribution >= 0.6 is 0 Å². The summed E-state index contributed by atoms with van der Waals surface area (Å²) in [7, 11) is 1.60. The van der Waals surface area contributed by atoms with Crippen LogP contribution in [0.25, 0.3) is 11.3 Å². The first-order chi connectivity index (χ1) is 10.1. The van der Waals surface area contributed by atoms with Gasteiger partial charge in [0.15, 0.2) is 0 Å². The lowest BCUT2D eigenvalue weighted by Gasteiger charge is -2.11. The Kier molecular flexibility index (Phi) is 4.83. The number of hydrogen-bond acceptors (Lipinski definition) is 4. The zero-order valence-corrected chi connectivity index (χ0v) is 13.3. The van der Waals surface area contributed by atoms with Crippen LogP contribution in [0.2, 0.25) is 0 Å². The molecule has 0 radical (unpaired) electrons. The fourth-order valence-corrected chi connectivity index (χ4v) is 2.35. The number of nitrogen functional groups attached to an aromatic ring is 1. The van der Waals surface area contributed by atoms with Gasteiger partial charge in [-0.1, -0.05) is 20.8 Å². The predicted octanol–water partition coefficient (Wildman–Crippen LogP) is 3.14. The molecular weight excluding hydrogens is 264 g/mol. The van der Waals surface area contributed by atoms with E-state index in [0.717, 1.165) is 42.3 Å². The van der Waals surface area contributed by atoms with E-state index in [2.05, 4.69) is 30.3 Å². The van der Waals surface area contributed by atoms with Gasteiger partial charge < -0.3 is 15.0 Å². The molecule has 5 nitrogen and oxygen atoms in total. The van der Waals surface area contributed by atoms with Crippen molar-refractivity contribution in [2.75, 3.05) is 12.8 Å². The molecule has 0 atom stereocenters. The van der Waals surface area contributed by atoms with Crippen molar-refractivity contribution in [1.82, 2.24) is 14.5 Å². The number of imidazole rings is 1. The lowest BCUT2D eigenvalue weighted by Crippen LogP contribution is -2.11. The molecule has 2 N–H and O–H groups in total. The summed E-state index contributed by atoms with van der Waals surface area (Å²) in [6.45, 7) is 7.41. The first-order valence-corrected chi connectivity index (χ1v) is 7.42. The van der Waals surface area contributed by atoms with Gasteiger partial charge in [-0.05, 0) is 18.4 Å². The van der Waals surface area contributed by atoms with Crippen LogP contribution in [0.1, 0.15) is 33.0 Å². The molecule has 2 aromatic rings. The molecule has 0 aliphatic heterocycles. The summed E-state index contributed by atoms with van der Waals surface area (Å²) in [6.07, 6.45) is 3.74. The standard InChI is InChI=1S/C16H24N4O/c1-5-6-13-19-15(16(17)20(13)10-11(2)3)12-7-8-14(21-4)18-9-12/h7-9,11H,5-6,10,17H2,1-4H3. The SMILES string of the molecule is CCCc1nc(-c2ccc(OC)nc2)c(N)n1CC(C)C. The van der Waals surface area contributed by atoms with Crippen molar-refractivity contribution in [1.29, 1.82) is 0 Å². The third kappa shape index (κ3) is 3.35. The number of methoxy groups -OCH3 is 1. The highest BCUT2D eigenvalue weighted by Crippen LogP contribution is 2.28. The molecule has 2 rings (SSSR count). The zero-order valence-electron chi connectivity index (χ0n) is 13.3. The van der Waals surface area contributed by atoms with Gasteiger partial charge in [-0.25, -0.2) is 9.97 Å². The van der Waals surface area contributed by atoms with Gasteiger partial charge in [0.2, 0.25) is 5.88 Å². The van der Waals surface area contributed by atoms with Crippen LogP contribution in [0.4, 0.5) is 5.82 Å². The Morgan fingerprint density at radius 1 is 1.33 bits per heavy atom. The topological polar surface area (TPSA) is 66.0 Å². The largest absolute Gasteiger partial charge is 0.481 e. The van der Waals surface area contributed by atoms with Gasteiger partial charge in [0.05, 0.1) is 7.11 Å².